The van der Waals surface area contributed by atoms with Crippen LogP contribution in [0.2, 0.25) is 0 Å². The molecule has 0 aromatic carbocycles. The Morgan fingerprint density at radius 2 is 1.93 bits per heavy atom. The summed E-state index contributed by atoms with van der Waals surface area (Å²) >= 11 is 0. The Labute approximate surface area is 83.3 Å². The zero-order valence-corrected chi connectivity index (χ0v) is 8.84. The molecule has 0 aromatic rings. The highest BCUT2D eigenvalue weighted by Gasteiger charge is 2.20. The molecule has 14 heavy (non-hydrogen) atoms. The first-order valence-electron chi connectivity index (χ1n) is 4.63. The van der Waals surface area contributed by atoms with Crippen LogP contribution < -0.4 is 5.73 Å². The first-order valence-corrected chi connectivity index (χ1v) is 4.63. The van der Waals surface area contributed by atoms with Crippen molar-refractivity contribution in [1.82, 2.24) is 4.90 Å². The Kier molecular flexibility index (Phi) is 5.60. The molecule has 0 rings (SSSR count). The molecule has 0 fully saturated rings. The maximum Gasteiger partial charge on any atom is 0.255 e. The molecular formula is C9H18F2N2O. The molecule has 5 heteroatoms. The average Bonchev–Trinajstić information content (AvgIpc) is 2.00. The van der Waals surface area contributed by atoms with Crippen molar-refractivity contribution in [1.29, 1.82) is 0 Å². The minimum Gasteiger partial charge on any atom is -0.339 e. The van der Waals surface area contributed by atoms with Crippen LogP contribution in [0.1, 0.15) is 20.3 Å². The molecule has 0 saturated carbocycles. The SMILES string of the molecule is CC(C)CC(N)C(=O)N(C)CC(F)F. The van der Waals surface area contributed by atoms with Crippen molar-refractivity contribution in [2.45, 2.75) is 32.7 Å². The molecule has 0 aliphatic rings. The number of carbonyl (C=O) groups is 1. The minimum atomic E-state index is -2.50. The second-order valence-electron chi connectivity index (χ2n) is 3.85. The zero-order chi connectivity index (χ0) is 11.3. The fraction of sp³-hybridized carbons (Fsp3) is 0.889. The van der Waals surface area contributed by atoms with Crippen LogP contribution in [0.4, 0.5) is 8.78 Å². The molecule has 0 aromatic heterocycles. The molecule has 0 saturated heterocycles. The summed E-state index contributed by atoms with van der Waals surface area (Å²) < 4.78 is 23.9. The summed E-state index contributed by atoms with van der Waals surface area (Å²) in [5.74, 6) is -0.132. The number of amides is 1. The molecule has 0 aliphatic heterocycles. The number of nitrogens with zero attached hydrogens (tertiary/aromatic N) is 1. The van der Waals surface area contributed by atoms with Gasteiger partial charge < -0.3 is 10.6 Å². The topological polar surface area (TPSA) is 46.3 Å². The van der Waals surface area contributed by atoms with Crippen LogP contribution in [0.3, 0.4) is 0 Å². The van der Waals surface area contributed by atoms with Crippen molar-refractivity contribution in [3.8, 4) is 0 Å². The number of carbonyl (C=O) groups excluding carboxylic acids is 1. The van der Waals surface area contributed by atoms with Gasteiger partial charge in [-0.3, -0.25) is 4.79 Å². The smallest absolute Gasteiger partial charge is 0.255 e. The first-order chi connectivity index (χ1) is 6.34. The predicted octanol–water partition coefficient (Wildman–Crippen LogP) is 1.08. The van der Waals surface area contributed by atoms with Gasteiger partial charge in [0.25, 0.3) is 6.43 Å². The van der Waals surface area contributed by atoms with Gasteiger partial charge in [-0.2, -0.15) is 0 Å². The third kappa shape index (κ3) is 5.11. The van der Waals surface area contributed by atoms with Gasteiger partial charge in [0.15, 0.2) is 0 Å². The van der Waals surface area contributed by atoms with Gasteiger partial charge in [-0.15, -0.1) is 0 Å². The van der Waals surface area contributed by atoms with Crippen molar-refractivity contribution >= 4 is 5.91 Å². The van der Waals surface area contributed by atoms with Crippen LogP contribution in [0.5, 0.6) is 0 Å². The Morgan fingerprint density at radius 1 is 1.43 bits per heavy atom. The molecule has 1 atom stereocenters. The average molecular weight is 208 g/mol. The van der Waals surface area contributed by atoms with Crippen LogP contribution in [0, 0.1) is 5.92 Å². The summed E-state index contributed by atoms with van der Waals surface area (Å²) in [4.78, 5) is 12.4. The van der Waals surface area contributed by atoms with Crippen molar-refractivity contribution in [2.24, 2.45) is 11.7 Å². The lowest BCUT2D eigenvalue weighted by molar-refractivity contribution is -0.133. The normalized spacial score (nSPS) is 13.4. The highest BCUT2D eigenvalue weighted by molar-refractivity contribution is 5.81. The molecular weight excluding hydrogens is 190 g/mol. The Hall–Kier alpha value is -0.710. The third-order valence-corrected chi connectivity index (χ3v) is 1.83. The van der Waals surface area contributed by atoms with Gasteiger partial charge in [0.1, 0.15) is 0 Å². The van der Waals surface area contributed by atoms with E-state index >= 15 is 0 Å². The van der Waals surface area contributed by atoms with Crippen LogP contribution in [0.15, 0.2) is 0 Å². The van der Waals surface area contributed by atoms with Crippen LogP contribution >= 0.6 is 0 Å². The van der Waals surface area contributed by atoms with Crippen LogP contribution in [0.25, 0.3) is 0 Å². The lowest BCUT2D eigenvalue weighted by Gasteiger charge is -2.21. The standard InChI is InChI=1S/C9H18F2N2O/c1-6(2)4-7(12)9(14)13(3)5-8(10)11/h6-8H,4-5,12H2,1-3H3. The van der Waals surface area contributed by atoms with Gasteiger partial charge in [0, 0.05) is 7.05 Å². The highest BCUT2D eigenvalue weighted by atomic mass is 19.3. The minimum absolute atomic E-state index is 0.286. The summed E-state index contributed by atoms with van der Waals surface area (Å²) in [6.45, 7) is 3.31. The number of hydrogen-bond donors (Lipinski definition) is 1. The fourth-order valence-electron chi connectivity index (χ4n) is 1.19. The quantitative estimate of drug-likeness (QED) is 0.735. The molecule has 3 nitrogen and oxygen atoms in total. The molecule has 2 N–H and O–H groups in total. The van der Waals surface area contributed by atoms with Gasteiger partial charge >= 0.3 is 0 Å². The van der Waals surface area contributed by atoms with E-state index in [0.29, 0.717) is 6.42 Å². The molecule has 0 spiro atoms. The summed E-state index contributed by atoms with van der Waals surface area (Å²) in [5, 5.41) is 0. The summed E-state index contributed by atoms with van der Waals surface area (Å²) in [7, 11) is 1.34. The van der Waals surface area contributed by atoms with Crippen LogP contribution in [-0.2, 0) is 4.79 Å². The van der Waals surface area contributed by atoms with E-state index in [1.807, 2.05) is 13.8 Å². The molecule has 0 radical (unpaired) electrons. The Balaban J connectivity index is 4.04. The van der Waals surface area contributed by atoms with E-state index in [0.717, 1.165) is 4.90 Å². The summed E-state index contributed by atoms with van der Waals surface area (Å²) in [5.41, 5.74) is 5.56. The maximum absolute atomic E-state index is 11.9. The van der Waals surface area contributed by atoms with E-state index < -0.39 is 24.9 Å². The largest absolute Gasteiger partial charge is 0.339 e. The number of rotatable bonds is 5. The lowest BCUT2D eigenvalue weighted by Crippen LogP contribution is -2.44. The third-order valence-electron chi connectivity index (χ3n) is 1.83. The molecule has 1 unspecified atom stereocenters. The van der Waals surface area contributed by atoms with E-state index in [9.17, 15) is 13.6 Å². The number of alkyl halides is 2. The van der Waals surface area contributed by atoms with Gasteiger partial charge in [-0.1, -0.05) is 13.8 Å². The highest BCUT2D eigenvalue weighted by Crippen LogP contribution is 2.06. The fourth-order valence-corrected chi connectivity index (χ4v) is 1.19. The van der Waals surface area contributed by atoms with E-state index in [-0.39, 0.29) is 5.92 Å². The molecule has 0 aliphatic carbocycles. The van der Waals surface area contributed by atoms with Crippen molar-refractivity contribution in [3.63, 3.8) is 0 Å². The number of nitrogens with two attached hydrogens (primary N) is 1. The van der Waals surface area contributed by atoms with Gasteiger partial charge in [0.05, 0.1) is 12.6 Å². The van der Waals surface area contributed by atoms with Gasteiger partial charge in [-0.25, -0.2) is 8.78 Å². The predicted molar refractivity (Wildman–Crippen MR) is 51.1 cm³/mol. The van der Waals surface area contributed by atoms with E-state index in [2.05, 4.69) is 0 Å². The molecule has 84 valence electrons. The van der Waals surface area contributed by atoms with E-state index in [1.165, 1.54) is 7.05 Å². The lowest BCUT2D eigenvalue weighted by atomic mass is 10.0. The van der Waals surface area contributed by atoms with Crippen molar-refractivity contribution in [2.75, 3.05) is 13.6 Å². The van der Waals surface area contributed by atoms with E-state index in [4.69, 9.17) is 5.73 Å². The number of likely N-dealkylation sites (N-methyl/N-ethyl adjacent to an activating group) is 1. The molecule has 0 bridgehead atoms. The second kappa shape index (κ2) is 5.90. The Bertz CT molecular complexity index is 168. The Morgan fingerprint density at radius 3 is 2.29 bits per heavy atom. The summed E-state index contributed by atoms with van der Waals surface area (Å²) in [6, 6.07) is -0.668. The van der Waals surface area contributed by atoms with Gasteiger partial charge in [-0.05, 0) is 12.3 Å². The summed E-state index contributed by atoms with van der Waals surface area (Å²) in [6.07, 6.45) is -1.98. The molecule has 1 amide bonds. The van der Waals surface area contributed by atoms with Crippen molar-refractivity contribution < 1.29 is 13.6 Å². The van der Waals surface area contributed by atoms with Crippen molar-refractivity contribution in [3.05, 3.63) is 0 Å². The maximum atomic E-state index is 11.9. The zero-order valence-electron chi connectivity index (χ0n) is 8.84. The van der Waals surface area contributed by atoms with Crippen LogP contribution in [-0.4, -0.2) is 36.9 Å². The van der Waals surface area contributed by atoms with Gasteiger partial charge in [0.2, 0.25) is 5.91 Å². The second-order valence-corrected chi connectivity index (χ2v) is 3.85. The number of halogens is 2. The molecule has 0 heterocycles. The first kappa shape index (κ1) is 13.3. The number of hydrogen-bond acceptors (Lipinski definition) is 2. The monoisotopic (exact) mass is 208 g/mol. The van der Waals surface area contributed by atoms with E-state index in [1.54, 1.807) is 0 Å².